The predicted octanol–water partition coefficient (Wildman–Crippen LogP) is 1.26. The van der Waals surface area contributed by atoms with E-state index in [1.54, 1.807) is 21.0 Å². The number of hydrogen-bond acceptors (Lipinski definition) is 4. The van der Waals surface area contributed by atoms with Gasteiger partial charge in [0.15, 0.2) is 5.60 Å². The Bertz CT molecular complexity index is 227. The Labute approximate surface area is 90.6 Å². The molecule has 1 aliphatic rings. The maximum atomic E-state index is 11.7. The minimum absolute atomic E-state index is 0.0385. The number of esters is 1. The van der Waals surface area contributed by atoms with E-state index in [-0.39, 0.29) is 12.2 Å². The van der Waals surface area contributed by atoms with Crippen molar-refractivity contribution < 1.29 is 19.4 Å². The summed E-state index contributed by atoms with van der Waals surface area (Å²) in [6, 6.07) is 0. The van der Waals surface area contributed by atoms with E-state index in [1.165, 1.54) is 0 Å². The van der Waals surface area contributed by atoms with E-state index in [0.717, 1.165) is 12.8 Å². The van der Waals surface area contributed by atoms with Crippen LogP contribution in [-0.2, 0) is 14.3 Å². The van der Waals surface area contributed by atoms with Gasteiger partial charge in [-0.3, -0.25) is 0 Å². The number of methoxy groups -OCH3 is 1. The fourth-order valence-electron chi connectivity index (χ4n) is 1.91. The summed E-state index contributed by atoms with van der Waals surface area (Å²) in [5.74, 6) is -0.515. The molecule has 0 aliphatic heterocycles. The van der Waals surface area contributed by atoms with Crippen molar-refractivity contribution in [2.24, 2.45) is 0 Å². The molecule has 15 heavy (non-hydrogen) atoms. The zero-order valence-corrected chi connectivity index (χ0v) is 9.66. The summed E-state index contributed by atoms with van der Waals surface area (Å²) < 4.78 is 10.2. The van der Waals surface area contributed by atoms with E-state index in [2.05, 4.69) is 0 Å². The van der Waals surface area contributed by atoms with Gasteiger partial charge in [-0.25, -0.2) is 4.79 Å². The number of carbonyl (C=O) groups is 1. The van der Waals surface area contributed by atoms with Crippen LogP contribution in [0, 0.1) is 0 Å². The summed E-state index contributed by atoms with van der Waals surface area (Å²) in [7, 11) is 1.60. The van der Waals surface area contributed by atoms with Crippen LogP contribution in [0.25, 0.3) is 0 Å². The van der Waals surface area contributed by atoms with Crippen LogP contribution >= 0.6 is 0 Å². The fourth-order valence-corrected chi connectivity index (χ4v) is 1.91. The Morgan fingerprint density at radius 1 is 1.53 bits per heavy atom. The van der Waals surface area contributed by atoms with Crippen molar-refractivity contribution in [1.29, 1.82) is 0 Å². The van der Waals surface area contributed by atoms with E-state index in [1.807, 2.05) is 0 Å². The minimum Gasteiger partial charge on any atom is -0.461 e. The highest BCUT2D eigenvalue weighted by Gasteiger charge is 2.42. The number of hydrogen-bond donors (Lipinski definition) is 1. The van der Waals surface area contributed by atoms with Gasteiger partial charge in [-0.05, 0) is 33.1 Å². The molecule has 0 aromatic carbocycles. The Morgan fingerprint density at radius 3 is 2.73 bits per heavy atom. The first kappa shape index (κ1) is 12.5. The molecule has 0 aromatic heterocycles. The van der Waals surface area contributed by atoms with Gasteiger partial charge in [0.1, 0.15) is 0 Å². The van der Waals surface area contributed by atoms with Crippen LogP contribution < -0.4 is 0 Å². The smallest absolute Gasteiger partial charge is 0.338 e. The molecule has 4 nitrogen and oxygen atoms in total. The van der Waals surface area contributed by atoms with Gasteiger partial charge in [0.25, 0.3) is 0 Å². The monoisotopic (exact) mass is 216 g/mol. The highest BCUT2D eigenvalue weighted by molar-refractivity contribution is 5.79. The third kappa shape index (κ3) is 3.18. The van der Waals surface area contributed by atoms with Crippen molar-refractivity contribution in [3.63, 3.8) is 0 Å². The van der Waals surface area contributed by atoms with Crippen LogP contribution in [-0.4, -0.2) is 36.0 Å². The van der Waals surface area contributed by atoms with Crippen molar-refractivity contribution >= 4 is 5.97 Å². The van der Waals surface area contributed by atoms with E-state index < -0.39 is 11.6 Å². The third-order valence-corrected chi connectivity index (χ3v) is 2.74. The van der Waals surface area contributed by atoms with Crippen molar-refractivity contribution in [3.05, 3.63) is 0 Å². The van der Waals surface area contributed by atoms with Crippen LogP contribution in [0.4, 0.5) is 0 Å². The zero-order valence-electron chi connectivity index (χ0n) is 9.66. The standard InChI is InChI=1S/C11H20O4/c1-8(2)15-10(12)11(13)6-4-5-9(7-11)14-3/h8-9,13H,4-7H2,1-3H3/t9-,11?/m1/s1. The number of aliphatic hydroxyl groups is 1. The highest BCUT2D eigenvalue weighted by Crippen LogP contribution is 2.31. The first-order valence-corrected chi connectivity index (χ1v) is 5.44. The normalized spacial score (nSPS) is 31.7. The molecule has 1 saturated carbocycles. The molecule has 2 atom stereocenters. The molecule has 1 rings (SSSR count). The van der Waals surface area contributed by atoms with Crippen molar-refractivity contribution in [1.82, 2.24) is 0 Å². The topological polar surface area (TPSA) is 55.8 Å². The molecule has 1 unspecified atom stereocenters. The summed E-state index contributed by atoms with van der Waals surface area (Å²) in [6.45, 7) is 3.55. The van der Waals surface area contributed by atoms with Crippen molar-refractivity contribution in [3.8, 4) is 0 Å². The molecule has 0 radical (unpaired) electrons. The number of rotatable bonds is 3. The Hall–Kier alpha value is -0.610. The molecule has 88 valence electrons. The number of ether oxygens (including phenoxy) is 2. The van der Waals surface area contributed by atoms with Crippen molar-refractivity contribution in [2.45, 2.75) is 57.3 Å². The molecule has 4 heteroatoms. The Balaban J connectivity index is 2.60. The van der Waals surface area contributed by atoms with E-state index in [9.17, 15) is 9.90 Å². The highest BCUT2D eigenvalue weighted by atomic mass is 16.6. The second kappa shape index (κ2) is 4.94. The summed E-state index contributed by atoms with van der Waals surface area (Å²) in [5, 5.41) is 10.1. The van der Waals surface area contributed by atoms with Crippen LogP contribution in [0.2, 0.25) is 0 Å². The van der Waals surface area contributed by atoms with Gasteiger partial charge in [0.05, 0.1) is 12.2 Å². The van der Waals surface area contributed by atoms with E-state index in [0.29, 0.717) is 12.8 Å². The lowest BCUT2D eigenvalue weighted by Gasteiger charge is -2.34. The molecule has 0 aromatic rings. The van der Waals surface area contributed by atoms with E-state index in [4.69, 9.17) is 9.47 Å². The lowest BCUT2D eigenvalue weighted by atomic mass is 9.83. The molecular formula is C11H20O4. The molecule has 0 amide bonds. The lowest BCUT2D eigenvalue weighted by molar-refractivity contribution is -0.177. The van der Waals surface area contributed by atoms with Crippen LogP contribution in [0.1, 0.15) is 39.5 Å². The van der Waals surface area contributed by atoms with Crippen LogP contribution in [0.5, 0.6) is 0 Å². The third-order valence-electron chi connectivity index (χ3n) is 2.74. The molecule has 0 heterocycles. The second-order valence-electron chi connectivity index (χ2n) is 4.44. The second-order valence-corrected chi connectivity index (χ2v) is 4.44. The van der Waals surface area contributed by atoms with Gasteiger partial charge in [0, 0.05) is 13.5 Å². The summed E-state index contributed by atoms with van der Waals surface area (Å²) in [6.07, 6.45) is 2.27. The van der Waals surface area contributed by atoms with Gasteiger partial charge in [0.2, 0.25) is 0 Å². The zero-order chi connectivity index (χ0) is 11.5. The van der Waals surface area contributed by atoms with Gasteiger partial charge < -0.3 is 14.6 Å². The molecule has 1 N–H and O–H groups in total. The SMILES string of the molecule is CO[C@@H]1CCCC(O)(C(=O)OC(C)C)C1. The summed E-state index contributed by atoms with van der Waals surface area (Å²) in [4.78, 5) is 11.7. The Morgan fingerprint density at radius 2 is 2.20 bits per heavy atom. The largest absolute Gasteiger partial charge is 0.461 e. The van der Waals surface area contributed by atoms with Gasteiger partial charge in [-0.1, -0.05) is 0 Å². The average Bonchev–Trinajstić information content (AvgIpc) is 2.16. The first-order chi connectivity index (χ1) is 6.98. The minimum atomic E-state index is -1.34. The summed E-state index contributed by atoms with van der Waals surface area (Å²) in [5.41, 5.74) is -1.34. The van der Waals surface area contributed by atoms with Crippen molar-refractivity contribution in [2.75, 3.05) is 7.11 Å². The fraction of sp³-hybridized carbons (Fsp3) is 0.909. The maximum absolute atomic E-state index is 11.7. The molecule has 0 saturated heterocycles. The molecule has 1 aliphatic carbocycles. The first-order valence-electron chi connectivity index (χ1n) is 5.44. The molecular weight excluding hydrogens is 196 g/mol. The number of carbonyl (C=O) groups excluding carboxylic acids is 1. The van der Waals surface area contributed by atoms with E-state index >= 15 is 0 Å². The molecule has 0 bridgehead atoms. The average molecular weight is 216 g/mol. The molecule has 0 spiro atoms. The quantitative estimate of drug-likeness (QED) is 0.721. The van der Waals surface area contributed by atoms with Crippen LogP contribution in [0.15, 0.2) is 0 Å². The van der Waals surface area contributed by atoms with Gasteiger partial charge in [-0.15, -0.1) is 0 Å². The summed E-state index contributed by atoms with van der Waals surface area (Å²) >= 11 is 0. The Kier molecular flexibility index (Phi) is 4.11. The van der Waals surface area contributed by atoms with Gasteiger partial charge >= 0.3 is 5.97 Å². The van der Waals surface area contributed by atoms with Crippen LogP contribution in [0.3, 0.4) is 0 Å². The van der Waals surface area contributed by atoms with Gasteiger partial charge in [-0.2, -0.15) is 0 Å². The predicted molar refractivity (Wildman–Crippen MR) is 55.4 cm³/mol. The molecule has 1 fully saturated rings. The maximum Gasteiger partial charge on any atom is 0.338 e. The lowest BCUT2D eigenvalue weighted by Crippen LogP contribution is -2.46.